The van der Waals surface area contributed by atoms with Crippen LogP contribution in [0.25, 0.3) is 0 Å². The van der Waals surface area contributed by atoms with Crippen LogP contribution in [0.4, 0.5) is 5.82 Å². The average molecular weight is 255 g/mol. The first-order valence-corrected chi connectivity index (χ1v) is 6.05. The van der Waals surface area contributed by atoms with Gasteiger partial charge in [0.1, 0.15) is 11.6 Å². The van der Waals surface area contributed by atoms with E-state index < -0.39 is 0 Å². The molecule has 1 heterocycles. The van der Waals surface area contributed by atoms with Crippen molar-refractivity contribution in [3.8, 4) is 0 Å². The Morgan fingerprint density at radius 1 is 1.39 bits per heavy atom. The standard InChI is InChI=1S/C12H21N3O3/c1-9(2)12-14-10(8-11(16)15-12)13-4-5-18-7-6-17-3/h8-9H,4-7H2,1-3H3,(H2,13,14,15,16). The van der Waals surface area contributed by atoms with Crippen LogP contribution in [0, 0.1) is 0 Å². The Kier molecular flexibility index (Phi) is 6.38. The summed E-state index contributed by atoms with van der Waals surface area (Å²) in [5.41, 5.74) is -0.142. The van der Waals surface area contributed by atoms with Gasteiger partial charge in [0.05, 0.1) is 19.8 Å². The Morgan fingerprint density at radius 2 is 2.17 bits per heavy atom. The lowest BCUT2D eigenvalue weighted by atomic mass is 10.2. The number of ether oxygens (including phenoxy) is 2. The smallest absolute Gasteiger partial charge is 0.252 e. The molecule has 0 unspecified atom stereocenters. The molecular formula is C12H21N3O3. The van der Waals surface area contributed by atoms with Crippen LogP contribution in [0.1, 0.15) is 25.6 Å². The number of hydrogen-bond donors (Lipinski definition) is 2. The summed E-state index contributed by atoms with van der Waals surface area (Å²) in [7, 11) is 1.63. The van der Waals surface area contributed by atoms with Crippen LogP contribution < -0.4 is 10.9 Å². The van der Waals surface area contributed by atoms with Gasteiger partial charge in [-0.3, -0.25) is 4.79 Å². The van der Waals surface area contributed by atoms with Crippen LogP contribution in [0.2, 0.25) is 0 Å². The van der Waals surface area contributed by atoms with Crippen molar-refractivity contribution in [2.75, 3.05) is 38.8 Å². The Bertz CT molecular complexity index is 404. The van der Waals surface area contributed by atoms with Crippen LogP contribution in [-0.2, 0) is 9.47 Å². The Hall–Kier alpha value is -1.40. The quantitative estimate of drug-likeness (QED) is 0.677. The number of H-pyrrole nitrogens is 1. The van der Waals surface area contributed by atoms with Gasteiger partial charge in [0.2, 0.25) is 0 Å². The zero-order chi connectivity index (χ0) is 13.4. The molecule has 0 saturated carbocycles. The lowest BCUT2D eigenvalue weighted by Crippen LogP contribution is -2.17. The van der Waals surface area contributed by atoms with E-state index in [0.717, 1.165) is 0 Å². The largest absolute Gasteiger partial charge is 0.382 e. The molecule has 0 amide bonds. The second-order valence-corrected chi connectivity index (χ2v) is 4.20. The first-order valence-electron chi connectivity index (χ1n) is 6.05. The summed E-state index contributed by atoms with van der Waals surface area (Å²) in [6, 6.07) is 1.45. The maximum Gasteiger partial charge on any atom is 0.252 e. The molecule has 0 bridgehead atoms. The number of rotatable bonds is 8. The first kappa shape index (κ1) is 14.7. The van der Waals surface area contributed by atoms with E-state index in [9.17, 15) is 4.79 Å². The van der Waals surface area contributed by atoms with E-state index >= 15 is 0 Å². The number of aromatic amines is 1. The van der Waals surface area contributed by atoms with Crippen LogP contribution in [0.15, 0.2) is 10.9 Å². The summed E-state index contributed by atoms with van der Waals surface area (Å²) in [5, 5.41) is 3.06. The predicted octanol–water partition coefficient (Wildman–Crippen LogP) is 0.968. The number of aromatic nitrogens is 2. The number of methoxy groups -OCH3 is 1. The van der Waals surface area contributed by atoms with Crippen molar-refractivity contribution >= 4 is 5.82 Å². The fourth-order valence-corrected chi connectivity index (χ4v) is 1.34. The lowest BCUT2D eigenvalue weighted by Gasteiger charge is -2.09. The molecule has 102 valence electrons. The minimum Gasteiger partial charge on any atom is -0.382 e. The van der Waals surface area contributed by atoms with Gasteiger partial charge < -0.3 is 19.8 Å². The van der Waals surface area contributed by atoms with Gasteiger partial charge in [-0.05, 0) is 0 Å². The molecule has 2 N–H and O–H groups in total. The van der Waals surface area contributed by atoms with Gasteiger partial charge in [-0.1, -0.05) is 13.8 Å². The van der Waals surface area contributed by atoms with Crippen LogP contribution >= 0.6 is 0 Å². The normalized spacial score (nSPS) is 10.9. The fraction of sp³-hybridized carbons (Fsp3) is 0.667. The molecule has 18 heavy (non-hydrogen) atoms. The highest BCUT2D eigenvalue weighted by Gasteiger charge is 2.04. The molecule has 0 atom stereocenters. The van der Waals surface area contributed by atoms with Crippen molar-refractivity contribution in [3.63, 3.8) is 0 Å². The summed E-state index contributed by atoms with van der Waals surface area (Å²) in [5.74, 6) is 1.46. The third-order valence-electron chi connectivity index (χ3n) is 2.29. The van der Waals surface area contributed by atoms with Crippen LogP contribution in [0.5, 0.6) is 0 Å². The third kappa shape index (κ3) is 5.29. The van der Waals surface area contributed by atoms with Crippen LogP contribution in [-0.4, -0.2) is 43.4 Å². The molecule has 0 aromatic carbocycles. The lowest BCUT2D eigenvalue weighted by molar-refractivity contribution is 0.0759. The molecule has 0 aliphatic rings. The number of hydrogen-bond acceptors (Lipinski definition) is 5. The molecule has 1 rings (SSSR count). The summed E-state index contributed by atoms with van der Waals surface area (Å²) in [6.45, 7) is 6.28. The van der Waals surface area contributed by atoms with Gasteiger partial charge in [-0.15, -0.1) is 0 Å². The first-order chi connectivity index (χ1) is 8.63. The minimum absolute atomic E-state index is 0.142. The van der Waals surface area contributed by atoms with E-state index in [0.29, 0.717) is 38.0 Å². The SMILES string of the molecule is COCCOCCNc1cc(=O)[nH]c(C(C)C)n1. The van der Waals surface area contributed by atoms with Gasteiger partial charge in [-0.25, -0.2) is 4.98 Å². The van der Waals surface area contributed by atoms with E-state index in [1.807, 2.05) is 13.8 Å². The molecule has 1 aromatic heterocycles. The number of nitrogens with zero attached hydrogens (tertiary/aromatic N) is 1. The van der Waals surface area contributed by atoms with Crippen molar-refractivity contribution in [3.05, 3.63) is 22.2 Å². The predicted molar refractivity (Wildman–Crippen MR) is 70.1 cm³/mol. The second-order valence-electron chi connectivity index (χ2n) is 4.20. The highest BCUT2D eigenvalue weighted by molar-refractivity contribution is 5.33. The maximum absolute atomic E-state index is 11.4. The topological polar surface area (TPSA) is 76.2 Å². The monoisotopic (exact) mass is 255 g/mol. The van der Waals surface area contributed by atoms with Gasteiger partial charge in [0.25, 0.3) is 5.56 Å². The van der Waals surface area contributed by atoms with E-state index in [1.165, 1.54) is 6.07 Å². The molecule has 0 saturated heterocycles. The maximum atomic E-state index is 11.4. The molecule has 0 spiro atoms. The summed E-state index contributed by atoms with van der Waals surface area (Å²) in [4.78, 5) is 18.4. The third-order valence-corrected chi connectivity index (χ3v) is 2.29. The van der Waals surface area contributed by atoms with Crippen molar-refractivity contribution < 1.29 is 9.47 Å². The van der Waals surface area contributed by atoms with Crippen molar-refractivity contribution in [2.45, 2.75) is 19.8 Å². The van der Waals surface area contributed by atoms with Crippen molar-refractivity contribution in [1.82, 2.24) is 9.97 Å². The fourth-order valence-electron chi connectivity index (χ4n) is 1.34. The molecule has 0 fully saturated rings. The summed E-state index contributed by atoms with van der Waals surface area (Å²) in [6.07, 6.45) is 0. The molecule has 0 radical (unpaired) electrons. The molecule has 0 aliphatic carbocycles. The second kappa shape index (κ2) is 7.84. The minimum atomic E-state index is -0.142. The highest BCUT2D eigenvalue weighted by Crippen LogP contribution is 2.08. The van der Waals surface area contributed by atoms with Crippen molar-refractivity contribution in [1.29, 1.82) is 0 Å². The Balaban J connectivity index is 2.40. The van der Waals surface area contributed by atoms with Gasteiger partial charge in [0, 0.05) is 25.6 Å². The number of anilines is 1. The zero-order valence-corrected chi connectivity index (χ0v) is 11.2. The molecule has 0 aliphatic heterocycles. The van der Waals surface area contributed by atoms with Gasteiger partial charge in [-0.2, -0.15) is 0 Å². The Labute approximate surface area is 107 Å². The highest BCUT2D eigenvalue weighted by atomic mass is 16.5. The van der Waals surface area contributed by atoms with E-state index in [4.69, 9.17) is 9.47 Å². The molecule has 1 aromatic rings. The summed E-state index contributed by atoms with van der Waals surface area (Å²) >= 11 is 0. The van der Waals surface area contributed by atoms with Crippen molar-refractivity contribution in [2.24, 2.45) is 0 Å². The van der Waals surface area contributed by atoms with Gasteiger partial charge >= 0.3 is 0 Å². The number of nitrogens with one attached hydrogen (secondary N) is 2. The van der Waals surface area contributed by atoms with E-state index in [-0.39, 0.29) is 11.5 Å². The molecule has 6 heteroatoms. The molecule has 6 nitrogen and oxygen atoms in total. The molecular weight excluding hydrogens is 234 g/mol. The Morgan fingerprint density at radius 3 is 2.83 bits per heavy atom. The average Bonchev–Trinajstić information content (AvgIpc) is 2.33. The summed E-state index contributed by atoms with van der Waals surface area (Å²) < 4.78 is 10.2. The zero-order valence-electron chi connectivity index (χ0n) is 11.2. The van der Waals surface area contributed by atoms with Gasteiger partial charge in [0.15, 0.2) is 0 Å². The van der Waals surface area contributed by atoms with E-state index in [1.54, 1.807) is 7.11 Å². The van der Waals surface area contributed by atoms with Crippen LogP contribution in [0.3, 0.4) is 0 Å². The van der Waals surface area contributed by atoms with E-state index in [2.05, 4.69) is 15.3 Å².